The van der Waals surface area contributed by atoms with E-state index < -0.39 is 0 Å². The Morgan fingerprint density at radius 3 is 2.58 bits per heavy atom. The second-order valence-corrected chi connectivity index (χ2v) is 8.70. The summed E-state index contributed by atoms with van der Waals surface area (Å²) in [5, 5.41) is 4.44. The topological polar surface area (TPSA) is 59.6 Å². The van der Waals surface area contributed by atoms with Crippen molar-refractivity contribution in [1.29, 1.82) is 0 Å². The predicted molar refractivity (Wildman–Crippen MR) is 104 cm³/mol. The summed E-state index contributed by atoms with van der Waals surface area (Å²) in [5.74, 6) is 0.701. The van der Waals surface area contributed by atoms with Crippen LogP contribution < -0.4 is 5.56 Å². The lowest BCUT2D eigenvalue weighted by atomic mass is 9.97. The van der Waals surface area contributed by atoms with Gasteiger partial charge in [-0.1, -0.05) is 0 Å². The van der Waals surface area contributed by atoms with Crippen LogP contribution in [-0.4, -0.2) is 37.1 Å². The molecular weight excluding hydrogens is 348 g/mol. The molecule has 3 aromatic heterocycles. The lowest BCUT2D eigenvalue weighted by Crippen LogP contribution is -2.49. The molecule has 6 nitrogen and oxygen atoms in total. The van der Waals surface area contributed by atoms with Crippen LogP contribution in [0.3, 0.4) is 0 Å². The predicted octanol–water partition coefficient (Wildman–Crippen LogP) is 3.12. The molecule has 0 bridgehead atoms. The fourth-order valence-electron chi connectivity index (χ4n) is 4.25. The number of rotatable bonds is 2. The van der Waals surface area contributed by atoms with Crippen LogP contribution >= 0.6 is 11.3 Å². The number of carbonyl (C=O) groups excluding carboxylic acids is 1. The number of amides is 1. The van der Waals surface area contributed by atoms with Gasteiger partial charge in [0.05, 0.1) is 10.2 Å². The van der Waals surface area contributed by atoms with Crippen molar-refractivity contribution in [2.24, 2.45) is 0 Å². The molecule has 1 aliphatic heterocycles. The van der Waals surface area contributed by atoms with Crippen molar-refractivity contribution in [2.45, 2.75) is 65.6 Å². The Morgan fingerprint density at radius 2 is 1.88 bits per heavy atom. The molecule has 1 amide bonds. The fourth-order valence-corrected chi connectivity index (χ4v) is 5.19. The van der Waals surface area contributed by atoms with Crippen LogP contribution in [0.1, 0.15) is 43.8 Å². The van der Waals surface area contributed by atoms with Crippen LogP contribution in [0, 0.1) is 13.8 Å². The molecule has 138 valence electrons. The third-order valence-electron chi connectivity index (χ3n) is 5.42. The van der Waals surface area contributed by atoms with Gasteiger partial charge in [-0.15, -0.1) is 11.3 Å². The van der Waals surface area contributed by atoms with Gasteiger partial charge in [0.1, 0.15) is 17.9 Å². The zero-order chi connectivity index (χ0) is 18.6. The van der Waals surface area contributed by atoms with Gasteiger partial charge >= 0.3 is 0 Å². The summed E-state index contributed by atoms with van der Waals surface area (Å²) in [4.78, 5) is 28.9. The van der Waals surface area contributed by atoms with Crippen LogP contribution in [-0.2, 0) is 11.3 Å². The van der Waals surface area contributed by atoms with E-state index in [2.05, 4.69) is 31.9 Å². The molecule has 0 N–H and O–H groups in total. The van der Waals surface area contributed by atoms with E-state index in [1.54, 1.807) is 11.3 Å². The standard InChI is InChI=1S/C19H24N4O2S/c1-11-6-5-7-12(2)22(11)18(24)10-21-19(25)16-9-17-15(8-13(3)26-17)23(16)14(4)20-21/h8-9,11-12H,5-7,10H2,1-4H3/t11-,12-/m0/s1. The number of thiophene rings is 1. The molecule has 4 rings (SSSR count). The molecule has 2 atom stereocenters. The van der Waals surface area contributed by atoms with E-state index in [-0.39, 0.29) is 30.1 Å². The van der Waals surface area contributed by atoms with Gasteiger partial charge in [0.15, 0.2) is 0 Å². The van der Waals surface area contributed by atoms with Crippen molar-refractivity contribution < 1.29 is 4.79 Å². The van der Waals surface area contributed by atoms with Crippen LogP contribution in [0.15, 0.2) is 16.9 Å². The molecule has 0 spiro atoms. The first-order valence-electron chi connectivity index (χ1n) is 9.17. The first-order chi connectivity index (χ1) is 12.4. The number of hydrogen-bond acceptors (Lipinski definition) is 4. The number of nitrogens with zero attached hydrogens (tertiary/aromatic N) is 4. The fraction of sp³-hybridized carbons (Fsp3) is 0.526. The van der Waals surface area contributed by atoms with Gasteiger partial charge in [-0.3, -0.25) is 14.0 Å². The number of aromatic nitrogens is 3. The second kappa shape index (κ2) is 6.23. The summed E-state index contributed by atoms with van der Waals surface area (Å²) in [6.07, 6.45) is 3.19. The molecule has 1 saturated heterocycles. The average molecular weight is 372 g/mol. The summed E-state index contributed by atoms with van der Waals surface area (Å²) in [5.41, 5.74) is 1.40. The normalized spacial score (nSPS) is 21.0. The lowest BCUT2D eigenvalue weighted by Gasteiger charge is -2.39. The zero-order valence-corrected chi connectivity index (χ0v) is 16.5. The van der Waals surface area contributed by atoms with E-state index in [0.29, 0.717) is 5.52 Å². The smallest absolute Gasteiger partial charge is 0.291 e. The highest BCUT2D eigenvalue weighted by Gasteiger charge is 2.29. The summed E-state index contributed by atoms with van der Waals surface area (Å²) in [7, 11) is 0. The van der Waals surface area contributed by atoms with Crippen molar-refractivity contribution in [3.05, 3.63) is 33.2 Å². The van der Waals surface area contributed by atoms with Crippen LogP contribution in [0.5, 0.6) is 0 Å². The molecule has 0 aliphatic carbocycles. The Morgan fingerprint density at radius 1 is 1.19 bits per heavy atom. The Kier molecular flexibility index (Phi) is 4.14. The lowest BCUT2D eigenvalue weighted by molar-refractivity contribution is -0.138. The maximum absolute atomic E-state index is 12.9. The Labute approximate surface area is 156 Å². The Bertz CT molecular complexity index is 1050. The van der Waals surface area contributed by atoms with Gasteiger partial charge in [0.25, 0.3) is 5.56 Å². The minimum Gasteiger partial charge on any atom is -0.336 e. The molecule has 1 fully saturated rings. The molecule has 26 heavy (non-hydrogen) atoms. The van der Waals surface area contributed by atoms with E-state index in [1.165, 1.54) is 9.56 Å². The van der Waals surface area contributed by atoms with E-state index in [4.69, 9.17) is 0 Å². The largest absolute Gasteiger partial charge is 0.336 e. The summed E-state index contributed by atoms with van der Waals surface area (Å²) in [6.45, 7) is 8.11. The third-order valence-corrected chi connectivity index (χ3v) is 6.41. The van der Waals surface area contributed by atoms with Gasteiger partial charge < -0.3 is 4.90 Å². The summed E-state index contributed by atoms with van der Waals surface area (Å²) >= 11 is 1.67. The number of fused-ring (bicyclic) bond motifs is 3. The molecular formula is C19H24N4O2S. The monoisotopic (exact) mass is 372 g/mol. The molecule has 0 saturated carbocycles. The quantitative estimate of drug-likeness (QED) is 0.694. The number of hydrogen-bond donors (Lipinski definition) is 0. The highest BCUT2D eigenvalue weighted by atomic mass is 32.1. The van der Waals surface area contributed by atoms with E-state index in [0.717, 1.165) is 35.3 Å². The van der Waals surface area contributed by atoms with Gasteiger partial charge in [-0.2, -0.15) is 5.10 Å². The van der Waals surface area contributed by atoms with E-state index in [1.807, 2.05) is 22.3 Å². The minimum absolute atomic E-state index is 0.00269. The molecule has 7 heteroatoms. The molecule has 3 aromatic rings. The first-order valence-corrected chi connectivity index (χ1v) is 9.99. The SMILES string of the molecule is Cc1cc2c(cc3c(=O)n(CC(=O)N4[C@@H](C)CCC[C@@H]4C)nc(C)n32)s1. The summed E-state index contributed by atoms with van der Waals surface area (Å²) < 4.78 is 4.30. The van der Waals surface area contributed by atoms with Gasteiger partial charge in [-0.05, 0) is 59.1 Å². The van der Waals surface area contributed by atoms with Crippen molar-refractivity contribution in [2.75, 3.05) is 0 Å². The summed E-state index contributed by atoms with van der Waals surface area (Å²) in [6, 6.07) is 4.42. The van der Waals surface area contributed by atoms with Gasteiger partial charge in [0.2, 0.25) is 5.91 Å². The molecule has 0 radical (unpaired) electrons. The van der Waals surface area contributed by atoms with E-state index >= 15 is 0 Å². The van der Waals surface area contributed by atoms with Crippen molar-refractivity contribution in [3.63, 3.8) is 0 Å². The molecule has 0 aromatic carbocycles. The maximum Gasteiger partial charge on any atom is 0.291 e. The van der Waals surface area contributed by atoms with Gasteiger partial charge in [0, 0.05) is 17.0 Å². The van der Waals surface area contributed by atoms with E-state index in [9.17, 15) is 9.59 Å². The van der Waals surface area contributed by atoms with Crippen molar-refractivity contribution >= 4 is 33.0 Å². The van der Waals surface area contributed by atoms with Crippen molar-refractivity contribution in [1.82, 2.24) is 19.1 Å². The molecule has 0 unspecified atom stereocenters. The minimum atomic E-state index is -0.206. The number of aryl methyl sites for hydroxylation is 2. The number of likely N-dealkylation sites (tertiary alicyclic amines) is 1. The van der Waals surface area contributed by atoms with Crippen LogP contribution in [0.2, 0.25) is 0 Å². The third kappa shape index (κ3) is 2.65. The van der Waals surface area contributed by atoms with Crippen molar-refractivity contribution in [3.8, 4) is 0 Å². The number of carbonyl (C=O) groups is 1. The van der Waals surface area contributed by atoms with Crippen LogP contribution in [0.4, 0.5) is 0 Å². The second-order valence-electron chi connectivity index (χ2n) is 7.41. The Hall–Kier alpha value is -2.15. The molecule has 1 aliphatic rings. The Balaban J connectivity index is 1.74. The van der Waals surface area contributed by atoms with Gasteiger partial charge in [-0.25, -0.2) is 4.68 Å². The highest BCUT2D eigenvalue weighted by Crippen LogP contribution is 2.28. The first kappa shape index (κ1) is 17.3. The number of piperidine rings is 1. The average Bonchev–Trinajstić information content (AvgIpc) is 3.08. The zero-order valence-electron chi connectivity index (χ0n) is 15.7. The molecule has 4 heterocycles. The highest BCUT2D eigenvalue weighted by molar-refractivity contribution is 7.19. The van der Waals surface area contributed by atoms with Crippen LogP contribution in [0.25, 0.3) is 15.7 Å². The maximum atomic E-state index is 12.9.